The summed E-state index contributed by atoms with van der Waals surface area (Å²) in [5.74, 6) is -0.629. The topological polar surface area (TPSA) is 99.5 Å². The lowest BCUT2D eigenvalue weighted by molar-refractivity contribution is -0.124. The van der Waals surface area contributed by atoms with Gasteiger partial charge in [0, 0.05) is 37.9 Å². The third-order valence-corrected chi connectivity index (χ3v) is 4.67. The van der Waals surface area contributed by atoms with Crippen molar-refractivity contribution in [1.29, 1.82) is 0 Å². The van der Waals surface area contributed by atoms with E-state index in [1.807, 2.05) is 35.2 Å². The van der Waals surface area contributed by atoms with Crippen LogP contribution in [0.25, 0.3) is 0 Å². The Morgan fingerprint density at radius 3 is 2.27 bits per heavy atom. The van der Waals surface area contributed by atoms with Gasteiger partial charge in [-0.05, 0) is 18.6 Å². The maximum Gasteiger partial charge on any atom is 0.270 e. The molecule has 7 nitrogen and oxygen atoms in total. The first-order valence-electron chi connectivity index (χ1n) is 8.54. The van der Waals surface area contributed by atoms with Crippen LogP contribution < -0.4 is 5.73 Å². The van der Waals surface area contributed by atoms with Gasteiger partial charge in [-0.15, -0.1) is 0 Å². The molecule has 1 atom stereocenters. The molecule has 1 aromatic carbocycles. The molecule has 1 fully saturated rings. The average molecular weight is 354 g/mol. The van der Waals surface area contributed by atoms with E-state index < -0.39 is 11.9 Å². The monoisotopic (exact) mass is 354 g/mol. The molecule has 2 aromatic rings. The van der Waals surface area contributed by atoms with Crippen molar-refractivity contribution in [3.8, 4) is 0 Å². The summed E-state index contributed by atoms with van der Waals surface area (Å²) in [7, 11) is 0. The molecule has 0 spiro atoms. The first kappa shape index (κ1) is 17.9. The smallest absolute Gasteiger partial charge is 0.270 e. The fourth-order valence-corrected chi connectivity index (χ4v) is 3.26. The number of aromatic amines is 1. The Bertz CT molecular complexity index is 807. The van der Waals surface area contributed by atoms with E-state index in [0.29, 0.717) is 37.4 Å². The van der Waals surface area contributed by atoms with Gasteiger partial charge < -0.3 is 15.6 Å². The van der Waals surface area contributed by atoms with E-state index in [1.54, 1.807) is 17.2 Å². The van der Waals surface area contributed by atoms with Crippen LogP contribution in [0.1, 0.15) is 39.4 Å². The molecule has 0 unspecified atom stereocenters. The predicted molar refractivity (Wildman–Crippen MR) is 96.7 cm³/mol. The largest absolute Gasteiger partial charge is 0.368 e. The molecule has 3 N–H and O–H groups in total. The van der Waals surface area contributed by atoms with Crippen LogP contribution in [0.3, 0.4) is 0 Å². The number of aromatic nitrogens is 1. The first-order chi connectivity index (χ1) is 12.5. The minimum absolute atomic E-state index is 0.0859. The molecule has 2 amide bonds. The van der Waals surface area contributed by atoms with E-state index in [2.05, 4.69) is 4.98 Å². The number of benzene rings is 1. The molecule has 3 rings (SSSR count). The highest BCUT2D eigenvalue weighted by atomic mass is 16.2. The summed E-state index contributed by atoms with van der Waals surface area (Å²) in [6, 6.07) is 10.5. The van der Waals surface area contributed by atoms with Gasteiger partial charge in [0.15, 0.2) is 5.78 Å². The summed E-state index contributed by atoms with van der Waals surface area (Å²) in [5.41, 5.74) is 7.37. The number of nitrogens with zero attached hydrogens (tertiary/aromatic N) is 2. The number of ketones is 1. The number of nitrogens with one attached hydrogen (secondary N) is 1. The number of hydrogen-bond donors (Lipinski definition) is 2. The lowest BCUT2D eigenvalue weighted by atomic mass is 10.0. The number of H-pyrrole nitrogens is 1. The highest BCUT2D eigenvalue weighted by Gasteiger charge is 2.30. The van der Waals surface area contributed by atoms with Crippen LogP contribution >= 0.6 is 0 Å². The molecular weight excluding hydrogens is 332 g/mol. The molecule has 1 aliphatic rings. The van der Waals surface area contributed by atoms with Crippen LogP contribution in [-0.2, 0) is 4.79 Å². The van der Waals surface area contributed by atoms with Gasteiger partial charge in [-0.2, -0.15) is 0 Å². The zero-order valence-electron chi connectivity index (χ0n) is 14.6. The van der Waals surface area contributed by atoms with Gasteiger partial charge in [0.2, 0.25) is 5.91 Å². The van der Waals surface area contributed by atoms with Crippen molar-refractivity contribution in [2.45, 2.75) is 13.0 Å². The van der Waals surface area contributed by atoms with Crippen molar-refractivity contribution in [2.24, 2.45) is 5.73 Å². The Labute approximate surface area is 151 Å². The summed E-state index contributed by atoms with van der Waals surface area (Å²) in [6.07, 6.45) is 1.55. The zero-order chi connectivity index (χ0) is 18.7. The highest BCUT2D eigenvalue weighted by Crippen LogP contribution is 2.22. The third kappa shape index (κ3) is 3.67. The second-order valence-corrected chi connectivity index (χ2v) is 6.40. The maximum absolute atomic E-state index is 12.6. The lowest BCUT2D eigenvalue weighted by Crippen LogP contribution is -2.51. The van der Waals surface area contributed by atoms with Crippen molar-refractivity contribution in [3.05, 3.63) is 59.4 Å². The van der Waals surface area contributed by atoms with Gasteiger partial charge >= 0.3 is 0 Å². The van der Waals surface area contributed by atoms with E-state index >= 15 is 0 Å². The number of piperazine rings is 1. The first-order valence-corrected chi connectivity index (χ1v) is 8.54. The molecule has 1 aromatic heterocycles. The van der Waals surface area contributed by atoms with E-state index in [1.165, 1.54) is 6.92 Å². The fourth-order valence-electron chi connectivity index (χ4n) is 3.26. The van der Waals surface area contributed by atoms with E-state index in [-0.39, 0.29) is 11.7 Å². The van der Waals surface area contributed by atoms with E-state index in [9.17, 15) is 14.4 Å². The van der Waals surface area contributed by atoms with Crippen molar-refractivity contribution in [3.63, 3.8) is 0 Å². The van der Waals surface area contributed by atoms with E-state index in [0.717, 1.165) is 5.56 Å². The number of Topliss-reactive ketones (excluding diaryl/α,β-unsaturated/α-hetero) is 1. The van der Waals surface area contributed by atoms with Gasteiger partial charge in [0.05, 0.1) is 0 Å². The number of nitrogens with two attached hydrogens (primary N) is 1. The number of primary amides is 1. The Morgan fingerprint density at radius 2 is 1.73 bits per heavy atom. The van der Waals surface area contributed by atoms with Crippen molar-refractivity contribution in [2.75, 3.05) is 26.2 Å². The van der Waals surface area contributed by atoms with Crippen molar-refractivity contribution < 1.29 is 14.4 Å². The molecule has 1 aliphatic heterocycles. The fraction of sp³-hybridized carbons (Fsp3) is 0.316. The molecule has 0 saturated carbocycles. The SMILES string of the molecule is CC(=O)c1c[nH]c(C(=O)N2CCN([C@@H](C(N)=O)c3ccccc3)CC2)c1. The van der Waals surface area contributed by atoms with Gasteiger partial charge in [0.1, 0.15) is 11.7 Å². The summed E-state index contributed by atoms with van der Waals surface area (Å²) in [5, 5.41) is 0. The minimum atomic E-state index is -0.497. The number of rotatable bonds is 5. The molecule has 26 heavy (non-hydrogen) atoms. The molecule has 0 radical (unpaired) electrons. The summed E-state index contributed by atoms with van der Waals surface area (Å²) < 4.78 is 0. The van der Waals surface area contributed by atoms with Crippen molar-refractivity contribution >= 4 is 17.6 Å². The number of amides is 2. The molecule has 1 saturated heterocycles. The van der Waals surface area contributed by atoms with E-state index in [4.69, 9.17) is 5.73 Å². The van der Waals surface area contributed by atoms with Gasteiger partial charge in [-0.3, -0.25) is 19.3 Å². The predicted octanol–water partition coefficient (Wildman–Crippen LogP) is 1.20. The Balaban J connectivity index is 1.67. The van der Waals surface area contributed by atoms with Crippen LogP contribution in [0.5, 0.6) is 0 Å². The number of hydrogen-bond acceptors (Lipinski definition) is 4. The van der Waals surface area contributed by atoms with Gasteiger partial charge in [0.25, 0.3) is 5.91 Å². The number of carbonyl (C=O) groups excluding carboxylic acids is 3. The molecular formula is C19H22N4O3. The second-order valence-electron chi connectivity index (χ2n) is 6.40. The molecule has 0 bridgehead atoms. The zero-order valence-corrected chi connectivity index (χ0v) is 14.6. The number of carbonyl (C=O) groups is 3. The van der Waals surface area contributed by atoms with Crippen molar-refractivity contribution in [1.82, 2.24) is 14.8 Å². The van der Waals surface area contributed by atoms with Crippen LogP contribution in [0, 0.1) is 0 Å². The highest BCUT2D eigenvalue weighted by molar-refractivity contribution is 5.99. The second kappa shape index (κ2) is 7.53. The van der Waals surface area contributed by atoms with Crippen LogP contribution in [0.4, 0.5) is 0 Å². The van der Waals surface area contributed by atoms with Crippen LogP contribution in [-0.4, -0.2) is 58.6 Å². The molecule has 136 valence electrons. The lowest BCUT2D eigenvalue weighted by Gasteiger charge is -2.38. The van der Waals surface area contributed by atoms with Crippen LogP contribution in [0.2, 0.25) is 0 Å². The maximum atomic E-state index is 12.6. The Morgan fingerprint density at radius 1 is 1.08 bits per heavy atom. The summed E-state index contributed by atoms with van der Waals surface area (Å²) >= 11 is 0. The summed E-state index contributed by atoms with van der Waals surface area (Å²) in [6.45, 7) is 3.54. The minimum Gasteiger partial charge on any atom is -0.368 e. The standard InChI is InChI=1S/C19H22N4O3/c1-13(24)15-11-16(21-12-15)19(26)23-9-7-22(8-10-23)17(18(20)25)14-5-3-2-4-6-14/h2-6,11-12,17,21H,7-10H2,1H3,(H2,20,25)/t17-/m1/s1. The van der Waals surface area contributed by atoms with Gasteiger partial charge in [-0.1, -0.05) is 30.3 Å². The Hall–Kier alpha value is -2.93. The Kier molecular flexibility index (Phi) is 5.18. The molecule has 0 aliphatic carbocycles. The third-order valence-electron chi connectivity index (χ3n) is 4.67. The quantitative estimate of drug-likeness (QED) is 0.788. The van der Waals surface area contributed by atoms with Crippen LogP contribution in [0.15, 0.2) is 42.6 Å². The van der Waals surface area contributed by atoms with Gasteiger partial charge in [-0.25, -0.2) is 0 Å². The summed E-state index contributed by atoms with van der Waals surface area (Å²) in [4.78, 5) is 42.5. The molecule has 7 heteroatoms. The normalized spacial score (nSPS) is 16.3. The molecule has 2 heterocycles. The average Bonchev–Trinajstić information content (AvgIpc) is 3.13.